The van der Waals surface area contributed by atoms with Gasteiger partial charge in [0.25, 0.3) is 10.0 Å². The Morgan fingerprint density at radius 1 is 1.02 bits per heavy atom. The van der Waals surface area contributed by atoms with Crippen LogP contribution < -0.4 is 18.7 Å². The predicted octanol–water partition coefficient (Wildman–Crippen LogP) is 6.55. The van der Waals surface area contributed by atoms with Crippen LogP contribution in [-0.2, 0) is 16.6 Å². The first-order valence-corrected chi connectivity index (χ1v) is 17.4. The van der Waals surface area contributed by atoms with E-state index in [4.69, 9.17) is 21.1 Å². The number of methoxy groups -OCH3 is 2. The van der Waals surface area contributed by atoms with E-state index in [1.54, 1.807) is 12.1 Å². The first-order chi connectivity index (χ1) is 22.0. The largest absolute Gasteiger partial charge is 0.497 e. The van der Waals surface area contributed by atoms with Crippen molar-refractivity contribution in [1.82, 2.24) is 9.88 Å². The Balaban J connectivity index is 1.22. The van der Waals surface area contributed by atoms with E-state index >= 15 is 8.78 Å². The summed E-state index contributed by atoms with van der Waals surface area (Å²) in [5.74, 6) is -3.33. The zero-order chi connectivity index (χ0) is 32.4. The summed E-state index contributed by atoms with van der Waals surface area (Å²) in [6, 6.07) is 9.66. The topological polar surface area (TPSA) is 75.2 Å². The Bertz CT molecular complexity index is 1790. The van der Waals surface area contributed by atoms with E-state index in [1.165, 1.54) is 58.1 Å². The second kappa shape index (κ2) is 11.5. The van der Waals surface area contributed by atoms with Gasteiger partial charge in [0, 0.05) is 47.8 Å². The van der Waals surface area contributed by atoms with Gasteiger partial charge >= 0.3 is 0 Å². The molecule has 7 rings (SSSR count). The van der Waals surface area contributed by atoms with E-state index < -0.39 is 44.1 Å². The molecule has 2 atom stereocenters. The highest BCUT2D eigenvalue weighted by atomic mass is 35.5. The summed E-state index contributed by atoms with van der Waals surface area (Å²) >= 11 is 6.56. The first kappa shape index (κ1) is 31.4. The van der Waals surface area contributed by atoms with E-state index in [0.29, 0.717) is 40.3 Å². The number of rotatable bonds is 9. The number of ether oxygens (including phenoxy) is 2. The van der Waals surface area contributed by atoms with Gasteiger partial charge in [0.05, 0.1) is 26.5 Å². The molecular weight excluding hydrogens is 641 g/mol. The molecule has 2 unspecified atom stereocenters. The lowest BCUT2D eigenvalue weighted by Gasteiger charge is -2.53. The maximum absolute atomic E-state index is 16.2. The van der Waals surface area contributed by atoms with Gasteiger partial charge in [-0.2, -0.15) is 4.39 Å². The van der Waals surface area contributed by atoms with Crippen LogP contribution in [0.2, 0.25) is 5.02 Å². The molecule has 2 aliphatic carbocycles. The summed E-state index contributed by atoms with van der Waals surface area (Å²) in [4.78, 5) is 7.08. The second-order valence-electron chi connectivity index (χ2n) is 13.0. The lowest BCUT2D eigenvalue weighted by atomic mass is 9.63. The smallest absolute Gasteiger partial charge is 0.271 e. The molecule has 4 fully saturated rings. The zero-order valence-corrected chi connectivity index (χ0v) is 27.3. The summed E-state index contributed by atoms with van der Waals surface area (Å²) < 4.78 is 86.1. The molecule has 0 bridgehead atoms. The molecule has 4 aliphatic rings. The number of hydrogen-bond donors (Lipinski definition) is 0. The van der Waals surface area contributed by atoms with Crippen molar-refractivity contribution in [2.75, 3.05) is 43.1 Å². The fourth-order valence-corrected chi connectivity index (χ4v) is 9.81. The van der Waals surface area contributed by atoms with Crippen molar-refractivity contribution < 1.29 is 31.1 Å². The number of benzene rings is 2. The minimum Gasteiger partial charge on any atom is -0.497 e. The molecular formula is C33H36ClF3N4O4S. The fourth-order valence-electron chi connectivity index (χ4n) is 7.98. The Hall–Kier alpha value is -3.22. The Morgan fingerprint density at radius 3 is 2.50 bits per heavy atom. The number of anilines is 2. The minimum atomic E-state index is -5.02. The molecule has 0 N–H and O–H groups in total. The number of aromatic nitrogens is 1. The number of pyridine rings is 1. The van der Waals surface area contributed by atoms with Crippen molar-refractivity contribution in [3.63, 3.8) is 0 Å². The lowest BCUT2D eigenvalue weighted by molar-refractivity contribution is -0.0251. The third-order valence-electron chi connectivity index (χ3n) is 10.6. The average molecular weight is 677 g/mol. The van der Waals surface area contributed by atoms with Crippen molar-refractivity contribution in [2.24, 2.45) is 5.41 Å². The number of nitrogens with zero attached hydrogens (tertiary/aromatic N) is 4. The van der Waals surface area contributed by atoms with Crippen LogP contribution in [0.1, 0.15) is 50.5 Å². The molecule has 46 heavy (non-hydrogen) atoms. The molecule has 246 valence electrons. The molecule has 3 heterocycles. The SMILES string of the molecule is COc1ccc(CN(c2cccc(F)n2)S(=O)(=O)c2c(F)cc(N3CCC4(CCC4N4CCCC45CC5)C3)c(Cl)c2F)c(OC)c1. The normalized spacial score (nSPS) is 23.6. The van der Waals surface area contributed by atoms with Gasteiger partial charge in [-0.05, 0) is 75.8 Å². The van der Waals surface area contributed by atoms with Gasteiger partial charge in [0.15, 0.2) is 10.7 Å². The second-order valence-corrected chi connectivity index (χ2v) is 15.1. The van der Waals surface area contributed by atoms with Crippen LogP contribution >= 0.6 is 11.6 Å². The molecule has 2 spiro atoms. The lowest BCUT2D eigenvalue weighted by Crippen LogP contribution is -2.58. The number of sulfonamides is 1. The Labute approximate surface area is 272 Å². The average Bonchev–Trinajstić information content (AvgIpc) is 3.47. The molecule has 2 saturated carbocycles. The van der Waals surface area contributed by atoms with Crippen molar-refractivity contribution in [3.8, 4) is 11.5 Å². The number of halogens is 4. The molecule has 0 amide bonds. The van der Waals surface area contributed by atoms with Crippen LogP contribution in [0.4, 0.5) is 24.7 Å². The fraction of sp³-hybridized carbons (Fsp3) is 0.485. The standard InChI is InChI=1S/C33H36ClF3N4O4S/c1-44-22-8-7-21(25(17-22)45-2)19-41(28-6-3-5-27(36)38-28)46(42,43)31-23(35)18-24(29(34)30(31)37)39-16-14-32(20-39)11-9-26(32)40-15-4-10-33(40)12-13-33/h3,5-8,17-18,26H,4,9-16,19-20H2,1-2H3. The van der Waals surface area contributed by atoms with Crippen molar-refractivity contribution in [1.29, 1.82) is 0 Å². The van der Waals surface area contributed by atoms with Crippen molar-refractivity contribution in [2.45, 2.75) is 68.0 Å². The minimum absolute atomic E-state index is 0.0260. The van der Waals surface area contributed by atoms with Crippen molar-refractivity contribution >= 4 is 33.1 Å². The Kier molecular flexibility index (Phi) is 7.84. The maximum Gasteiger partial charge on any atom is 0.271 e. The van der Waals surface area contributed by atoms with E-state index in [0.717, 1.165) is 37.9 Å². The molecule has 8 nitrogen and oxygen atoms in total. The van der Waals surface area contributed by atoms with Crippen LogP contribution in [0.3, 0.4) is 0 Å². The van der Waals surface area contributed by atoms with Crippen LogP contribution in [-0.4, -0.2) is 63.7 Å². The maximum atomic E-state index is 16.2. The quantitative estimate of drug-likeness (QED) is 0.188. The summed E-state index contributed by atoms with van der Waals surface area (Å²) in [6.45, 7) is 1.80. The van der Waals surface area contributed by atoms with Gasteiger partial charge in [0.2, 0.25) is 5.95 Å². The predicted molar refractivity (Wildman–Crippen MR) is 169 cm³/mol. The monoisotopic (exact) mass is 676 g/mol. The highest BCUT2D eigenvalue weighted by molar-refractivity contribution is 7.92. The highest BCUT2D eigenvalue weighted by Crippen LogP contribution is 2.59. The molecule has 2 aromatic carbocycles. The van der Waals surface area contributed by atoms with Gasteiger partial charge in [-0.1, -0.05) is 17.7 Å². The molecule has 0 radical (unpaired) electrons. The summed E-state index contributed by atoms with van der Waals surface area (Å²) in [7, 11) is -2.17. The first-order valence-electron chi connectivity index (χ1n) is 15.6. The highest BCUT2D eigenvalue weighted by Gasteiger charge is 2.61. The van der Waals surface area contributed by atoms with Crippen LogP contribution in [0, 0.1) is 23.0 Å². The summed E-state index contributed by atoms with van der Waals surface area (Å²) in [5.41, 5.74) is 0.839. The van der Waals surface area contributed by atoms with E-state index in [-0.39, 0.29) is 22.7 Å². The molecule has 2 saturated heterocycles. The van der Waals surface area contributed by atoms with Gasteiger partial charge < -0.3 is 14.4 Å². The molecule has 2 aliphatic heterocycles. The van der Waals surface area contributed by atoms with Crippen LogP contribution in [0.25, 0.3) is 0 Å². The summed E-state index contributed by atoms with van der Waals surface area (Å²) in [6.07, 6.45) is 7.99. The molecule has 13 heteroatoms. The summed E-state index contributed by atoms with van der Waals surface area (Å²) in [5, 5.41) is -0.470. The Morgan fingerprint density at radius 2 is 1.83 bits per heavy atom. The zero-order valence-electron chi connectivity index (χ0n) is 25.7. The van der Waals surface area contributed by atoms with Crippen LogP contribution in [0.15, 0.2) is 47.4 Å². The van der Waals surface area contributed by atoms with E-state index in [1.807, 2.05) is 4.90 Å². The van der Waals surface area contributed by atoms with Gasteiger partial charge in [0.1, 0.15) is 28.2 Å². The molecule has 1 aromatic heterocycles. The van der Waals surface area contributed by atoms with Crippen molar-refractivity contribution in [3.05, 3.63) is 70.6 Å². The van der Waals surface area contributed by atoms with Crippen LogP contribution in [0.5, 0.6) is 11.5 Å². The van der Waals surface area contributed by atoms with Gasteiger partial charge in [-0.3, -0.25) is 4.90 Å². The van der Waals surface area contributed by atoms with Gasteiger partial charge in [-0.25, -0.2) is 26.5 Å². The third-order valence-corrected chi connectivity index (χ3v) is 12.8. The van der Waals surface area contributed by atoms with Gasteiger partial charge in [-0.15, -0.1) is 0 Å². The van der Waals surface area contributed by atoms with E-state index in [2.05, 4.69) is 9.88 Å². The van der Waals surface area contributed by atoms with E-state index in [9.17, 15) is 12.8 Å². The molecule has 3 aromatic rings. The number of hydrogen-bond acceptors (Lipinski definition) is 7. The third kappa shape index (κ3) is 5.07. The number of likely N-dealkylation sites (tertiary alicyclic amines) is 1.